The fourth-order valence-electron chi connectivity index (χ4n) is 6.58. The van der Waals surface area contributed by atoms with E-state index in [9.17, 15) is 38.7 Å². The molecule has 0 saturated carbocycles. The Hall–Kier alpha value is -3.73. The molecule has 0 bridgehead atoms. The number of hydrogen-bond donors (Lipinski definition) is 9. The van der Waals surface area contributed by atoms with Crippen LogP contribution in [0.2, 0.25) is 0 Å². The van der Waals surface area contributed by atoms with Crippen molar-refractivity contribution in [2.75, 3.05) is 19.6 Å². The minimum Gasteiger partial charge on any atom is -0.481 e. The largest absolute Gasteiger partial charge is 0.481 e. The molecule has 0 aliphatic carbocycles. The number of hydrogen-bond acceptors (Lipinski definition) is 9. The number of aliphatic carboxylic acids is 3. The average Bonchev–Trinajstić information content (AvgIpc) is 3.26. The van der Waals surface area contributed by atoms with Crippen molar-refractivity contribution in [1.29, 1.82) is 0 Å². The van der Waals surface area contributed by atoms with Gasteiger partial charge in [0, 0.05) is 38.9 Å². The Morgan fingerprint density at radius 3 is 1.44 bits per heavy atom. The number of carboxylic acid groups (broad SMARTS) is 3. The lowest BCUT2D eigenvalue weighted by atomic mass is 10.0. The van der Waals surface area contributed by atoms with E-state index in [1.165, 1.54) is 64.2 Å². The lowest BCUT2D eigenvalue weighted by molar-refractivity contribution is -0.142. The summed E-state index contributed by atoms with van der Waals surface area (Å²) < 4.78 is 0. The highest BCUT2D eigenvalue weighted by Crippen LogP contribution is 2.15. The van der Waals surface area contributed by atoms with Crippen molar-refractivity contribution in [3.63, 3.8) is 0 Å². The number of carbonyl (C=O) groups is 7. The molecular formula is C46H89BN6O10. The van der Waals surface area contributed by atoms with Gasteiger partial charge >= 0.3 is 17.9 Å². The van der Waals surface area contributed by atoms with Crippen molar-refractivity contribution in [2.24, 2.45) is 5.73 Å². The summed E-state index contributed by atoms with van der Waals surface area (Å²) in [5, 5.41) is 39.7. The molecule has 0 spiro atoms. The summed E-state index contributed by atoms with van der Waals surface area (Å²) >= 11 is 0. The predicted molar refractivity (Wildman–Crippen MR) is 251 cm³/mol. The van der Waals surface area contributed by atoms with Crippen LogP contribution in [0.3, 0.4) is 0 Å². The van der Waals surface area contributed by atoms with E-state index in [1.807, 2.05) is 13.8 Å². The molecule has 0 aliphatic heterocycles. The van der Waals surface area contributed by atoms with E-state index >= 15 is 0 Å². The summed E-state index contributed by atoms with van der Waals surface area (Å²) in [6.45, 7) is 7.78. The van der Waals surface area contributed by atoms with Gasteiger partial charge in [0.05, 0.1) is 12.1 Å². The van der Waals surface area contributed by atoms with Gasteiger partial charge in [-0.1, -0.05) is 130 Å². The topological polar surface area (TPSA) is 266 Å². The molecule has 16 nitrogen and oxygen atoms in total. The molecule has 17 heteroatoms. The van der Waals surface area contributed by atoms with Gasteiger partial charge in [-0.15, -0.1) is 0 Å². The van der Waals surface area contributed by atoms with Crippen LogP contribution >= 0.6 is 0 Å². The van der Waals surface area contributed by atoms with E-state index in [0.717, 1.165) is 77.0 Å². The van der Waals surface area contributed by atoms with Crippen LogP contribution in [0.5, 0.6) is 0 Å². The average molecular weight is 897 g/mol. The molecule has 3 unspecified atom stereocenters. The predicted octanol–water partition coefficient (Wildman–Crippen LogP) is 6.81. The number of unbranched alkanes of at least 4 members (excludes halogenated alkanes) is 20. The number of nitrogens with two attached hydrogens (primary N) is 1. The molecule has 2 radical (unpaired) electrons. The van der Waals surface area contributed by atoms with Gasteiger partial charge in [-0.3, -0.25) is 28.8 Å². The Bertz CT molecular complexity index is 1150. The molecular weight excluding hydrogens is 807 g/mol. The van der Waals surface area contributed by atoms with Gasteiger partial charge in [0.2, 0.25) is 24.1 Å². The third-order valence-corrected chi connectivity index (χ3v) is 10.4. The zero-order valence-corrected chi connectivity index (χ0v) is 39.5. The number of amides is 4. The van der Waals surface area contributed by atoms with E-state index in [4.69, 9.17) is 23.9 Å². The SMILES string of the molecule is CC.CCCCCCNC(=O)CCC(NC(=O)CCCCCCCCCCCCCCCCCCC(=O)O)C(=O)O.[B]NC(CCCCNC(=O)C(N)CCCCNC=O)C(=O)O. The van der Waals surface area contributed by atoms with Crippen LogP contribution in [0.15, 0.2) is 0 Å². The fraction of sp³-hybridized carbons (Fsp3) is 0.848. The van der Waals surface area contributed by atoms with Gasteiger partial charge in [0.15, 0.2) is 7.98 Å². The quantitative estimate of drug-likeness (QED) is 0.0174. The van der Waals surface area contributed by atoms with Crippen LogP contribution in [0.1, 0.15) is 213 Å². The van der Waals surface area contributed by atoms with E-state index < -0.39 is 36.0 Å². The first kappa shape index (κ1) is 63.6. The molecule has 63 heavy (non-hydrogen) atoms. The minimum absolute atomic E-state index is 0.0998. The molecule has 0 aromatic heterocycles. The first-order valence-electron chi connectivity index (χ1n) is 24.3. The second kappa shape index (κ2) is 49.3. The molecule has 0 saturated heterocycles. The Morgan fingerprint density at radius 1 is 0.524 bits per heavy atom. The van der Waals surface area contributed by atoms with E-state index in [1.54, 1.807) is 0 Å². The highest BCUT2D eigenvalue weighted by atomic mass is 16.4. The van der Waals surface area contributed by atoms with E-state index in [-0.39, 0.29) is 30.6 Å². The molecule has 10 N–H and O–H groups in total. The monoisotopic (exact) mass is 897 g/mol. The maximum atomic E-state index is 12.2. The van der Waals surface area contributed by atoms with Crippen molar-refractivity contribution >= 4 is 50.0 Å². The molecule has 0 aromatic rings. The summed E-state index contributed by atoms with van der Waals surface area (Å²) in [7, 11) is 5.11. The van der Waals surface area contributed by atoms with Crippen molar-refractivity contribution in [2.45, 2.75) is 232 Å². The second-order valence-corrected chi connectivity index (χ2v) is 16.0. The van der Waals surface area contributed by atoms with Crippen molar-refractivity contribution in [3.8, 4) is 0 Å². The van der Waals surface area contributed by atoms with Gasteiger partial charge in [0.25, 0.3) is 0 Å². The van der Waals surface area contributed by atoms with Gasteiger partial charge in [-0.25, -0.2) is 4.79 Å². The molecule has 3 atom stereocenters. The van der Waals surface area contributed by atoms with Crippen LogP contribution in [0.25, 0.3) is 0 Å². The third kappa shape index (κ3) is 47.6. The Labute approximate surface area is 381 Å². The molecule has 0 rings (SSSR count). The second-order valence-electron chi connectivity index (χ2n) is 16.0. The maximum Gasteiger partial charge on any atom is 0.326 e. The van der Waals surface area contributed by atoms with Gasteiger partial charge < -0.3 is 47.5 Å². The summed E-state index contributed by atoms with van der Waals surface area (Å²) in [4.78, 5) is 78.4. The zero-order valence-electron chi connectivity index (χ0n) is 39.5. The molecule has 4 amide bonds. The Kier molecular flexibility index (Phi) is 49.7. The van der Waals surface area contributed by atoms with E-state index in [0.29, 0.717) is 64.6 Å². The maximum absolute atomic E-state index is 12.2. The van der Waals surface area contributed by atoms with Crippen LogP contribution in [0, 0.1) is 0 Å². The normalized spacial score (nSPS) is 11.9. The van der Waals surface area contributed by atoms with Crippen LogP contribution < -0.4 is 32.2 Å². The minimum atomic E-state index is -1.09. The number of carbonyl (C=O) groups excluding carboxylic acids is 4. The summed E-state index contributed by atoms with van der Waals surface area (Å²) in [5.41, 5.74) is 5.75. The van der Waals surface area contributed by atoms with Crippen molar-refractivity contribution < 1.29 is 48.9 Å². The lowest BCUT2D eigenvalue weighted by Gasteiger charge is -2.14. The third-order valence-electron chi connectivity index (χ3n) is 10.4. The first-order chi connectivity index (χ1) is 30.4. The highest BCUT2D eigenvalue weighted by molar-refractivity contribution is 6.06. The van der Waals surface area contributed by atoms with Gasteiger partial charge in [-0.2, -0.15) is 0 Å². The number of rotatable bonds is 43. The van der Waals surface area contributed by atoms with Crippen LogP contribution in [-0.4, -0.2) is 103 Å². The lowest BCUT2D eigenvalue weighted by Crippen LogP contribution is -2.41. The molecule has 0 aromatic carbocycles. The van der Waals surface area contributed by atoms with Crippen molar-refractivity contribution in [3.05, 3.63) is 0 Å². The fourth-order valence-corrected chi connectivity index (χ4v) is 6.58. The zero-order chi connectivity index (χ0) is 47.8. The Morgan fingerprint density at radius 2 is 0.968 bits per heavy atom. The summed E-state index contributed by atoms with van der Waals surface area (Å²) in [6, 6.07) is -2.34. The standard InChI is InChI=1S/C31H58N2O6.C13H25BN4O4.C2H6/c1-2-3-4-21-26-32-28(34)25-24-27(31(38)39)33-29(35)22-19-17-15-13-11-9-7-5-6-8-10-12-14-16-18-20-23-30(36)37;14-18-11(13(21)22)6-2-4-8-17-12(20)10(15)5-1-3-7-16-9-19;1-2/h27H,2-26H2,1H3,(H,32,34)(H,33,35)(H,36,37)(H,38,39);9-11,18H,1-8,15H2,(H,16,19)(H,17,20)(H,21,22);1-2H3. The smallest absolute Gasteiger partial charge is 0.326 e. The molecule has 0 heterocycles. The van der Waals surface area contributed by atoms with Crippen LogP contribution in [0.4, 0.5) is 0 Å². The van der Waals surface area contributed by atoms with E-state index in [2.05, 4.69) is 33.4 Å². The highest BCUT2D eigenvalue weighted by Gasteiger charge is 2.21. The molecule has 0 fully saturated rings. The number of nitrogens with one attached hydrogen (secondary N) is 5. The van der Waals surface area contributed by atoms with Crippen molar-refractivity contribution in [1.82, 2.24) is 26.5 Å². The molecule has 0 aliphatic rings. The van der Waals surface area contributed by atoms with Gasteiger partial charge in [0.1, 0.15) is 6.04 Å². The first-order valence-corrected chi connectivity index (χ1v) is 24.3. The summed E-state index contributed by atoms with van der Waals surface area (Å²) in [6.07, 6.45) is 28.0. The Balaban J connectivity index is -0.00000127. The van der Waals surface area contributed by atoms with Crippen LogP contribution in [-0.2, 0) is 33.6 Å². The molecule has 366 valence electrons. The number of carboxylic acids is 3. The summed E-state index contributed by atoms with van der Waals surface area (Å²) in [5.74, 6) is -3.39. The van der Waals surface area contributed by atoms with Gasteiger partial charge in [-0.05, 0) is 64.2 Å².